The molecule has 1 rings (SSSR count). The van der Waals surface area contributed by atoms with Crippen molar-refractivity contribution in [1.82, 2.24) is 4.90 Å². The summed E-state index contributed by atoms with van der Waals surface area (Å²) in [4.78, 5) is 11.5. The molecule has 0 saturated carbocycles. The molecule has 0 unspecified atom stereocenters. The van der Waals surface area contributed by atoms with E-state index in [2.05, 4.69) is 0 Å². The zero-order valence-corrected chi connectivity index (χ0v) is 13.2. The number of benzene rings is 1. The molecule has 0 spiro atoms. The van der Waals surface area contributed by atoms with Crippen LogP contribution >= 0.6 is 22.6 Å². The number of nitrogens with zero attached hydrogens (tertiary/aromatic N) is 1. The van der Waals surface area contributed by atoms with Gasteiger partial charge in [0.05, 0.1) is 4.90 Å². The zero-order chi connectivity index (χ0) is 13.6. The monoisotopic (exact) mass is 389 g/mol. The van der Waals surface area contributed by atoms with E-state index in [9.17, 15) is 13.2 Å². The second kappa shape index (κ2) is 8.40. The van der Waals surface area contributed by atoms with Crippen LogP contribution in [0.25, 0.3) is 0 Å². The summed E-state index contributed by atoms with van der Waals surface area (Å²) < 4.78 is 30.5. The van der Waals surface area contributed by atoms with Crippen molar-refractivity contribution in [2.75, 3.05) is 14.1 Å². The van der Waals surface area contributed by atoms with E-state index in [1.807, 2.05) is 22.6 Å². The van der Waals surface area contributed by atoms with Gasteiger partial charge in [0, 0.05) is 24.6 Å². The van der Waals surface area contributed by atoms with Gasteiger partial charge in [0.1, 0.15) is 0 Å². The molecule has 0 aliphatic rings. The summed E-state index contributed by atoms with van der Waals surface area (Å²) in [6.45, 7) is 1.53. The number of halogens is 1. The van der Waals surface area contributed by atoms with Crippen LogP contribution in [-0.2, 0) is 14.9 Å². The van der Waals surface area contributed by atoms with Gasteiger partial charge in [-0.3, -0.25) is 9.35 Å². The van der Waals surface area contributed by atoms with Gasteiger partial charge in [-0.25, -0.2) is 0 Å². The second-order valence-corrected chi connectivity index (χ2v) is 6.01. The van der Waals surface area contributed by atoms with Crippen molar-refractivity contribution >= 4 is 38.6 Å². The van der Waals surface area contributed by atoms with Crippen LogP contribution in [0, 0.1) is 3.57 Å². The minimum atomic E-state index is -4.02. The Kier molecular flexibility index (Phi) is 9.16. The number of hydrogen-bond acceptors (Lipinski definition) is 3. The van der Waals surface area contributed by atoms with Crippen molar-refractivity contribution in [3.8, 4) is 0 Å². The summed E-state index contributed by atoms with van der Waals surface area (Å²) >= 11 is 2.05. The van der Waals surface area contributed by atoms with Crippen molar-refractivity contribution in [2.45, 2.75) is 11.8 Å². The van der Waals surface area contributed by atoms with Gasteiger partial charge >= 0.3 is 0 Å². The highest BCUT2D eigenvalue weighted by Gasteiger charge is 2.07. The van der Waals surface area contributed by atoms with Crippen molar-refractivity contribution in [3.05, 3.63) is 27.8 Å². The molecule has 1 amide bonds. The topological polar surface area (TPSA) is 106 Å². The molecular formula is C10H16INO5S. The van der Waals surface area contributed by atoms with Crippen LogP contribution in [0.5, 0.6) is 0 Å². The Morgan fingerprint density at radius 3 is 1.78 bits per heavy atom. The number of hydrogen-bond donors (Lipinski definition) is 1. The quantitative estimate of drug-likeness (QED) is 0.567. The summed E-state index contributed by atoms with van der Waals surface area (Å²) in [6, 6.07) is 5.95. The van der Waals surface area contributed by atoms with Gasteiger partial charge < -0.3 is 10.4 Å². The van der Waals surface area contributed by atoms with Crippen molar-refractivity contribution in [3.63, 3.8) is 0 Å². The maximum atomic E-state index is 10.5. The molecule has 104 valence electrons. The van der Waals surface area contributed by atoms with Gasteiger partial charge in [-0.1, -0.05) is 0 Å². The SMILES string of the molecule is CC(=O)N(C)C.O.O=S(=O)(O)c1ccc(I)cc1. The van der Waals surface area contributed by atoms with Crippen molar-refractivity contribution in [1.29, 1.82) is 0 Å². The van der Waals surface area contributed by atoms with Crippen LogP contribution in [0.15, 0.2) is 29.2 Å². The first-order valence-corrected chi connectivity index (χ1v) is 7.07. The molecule has 0 aliphatic heterocycles. The van der Waals surface area contributed by atoms with E-state index >= 15 is 0 Å². The Bertz CT molecular complexity index is 470. The van der Waals surface area contributed by atoms with Crippen molar-refractivity contribution < 1.29 is 23.2 Å². The molecule has 8 heteroatoms. The Hall–Kier alpha value is -0.710. The summed E-state index contributed by atoms with van der Waals surface area (Å²) in [5.41, 5.74) is 0. The van der Waals surface area contributed by atoms with Gasteiger partial charge in [0.2, 0.25) is 5.91 Å². The van der Waals surface area contributed by atoms with E-state index in [1.165, 1.54) is 24.0 Å². The number of carbonyl (C=O) groups excluding carboxylic acids is 1. The Morgan fingerprint density at radius 2 is 1.56 bits per heavy atom. The molecule has 0 aromatic heterocycles. The van der Waals surface area contributed by atoms with E-state index in [1.54, 1.807) is 26.2 Å². The highest BCUT2D eigenvalue weighted by Crippen LogP contribution is 2.10. The number of carbonyl (C=O) groups is 1. The predicted molar refractivity (Wildman–Crippen MR) is 77.0 cm³/mol. The summed E-state index contributed by atoms with van der Waals surface area (Å²) in [6.07, 6.45) is 0. The lowest BCUT2D eigenvalue weighted by Crippen LogP contribution is -2.17. The fraction of sp³-hybridized carbons (Fsp3) is 0.300. The molecule has 1 aromatic carbocycles. The van der Waals surface area contributed by atoms with Crippen LogP contribution in [0.1, 0.15) is 6.92 Å². The van der Waals surface area contributed by atoms with Crippen LogP contribution in [0.2, 0.25) is 0 Å². The zero-order valence-electron chi connectivity index (χ0n) is 10.2. The molecule has 6 nitrogen and oxygen atoms in total. The highest BCUT2D eigenvalue weighted by atomic mass is 127. The van der Waals surface area contributed by atoms with E-state index in [0.29, 0.717) is 0 Å². The lowest BCUT2D eigenvalue weighted by Gasteiger charge is -2.02. The smallest absolute Gasteiger partial charge is 0.294 e. The van der Waals surface area contributed by atoms with Crippen LogP contribution in [-0.4, -0.2) is 43.3 Å². The number of rotatable bonds is 1. The first-order valence-electron chi connectivity index (χ1n) is 4.55. The third kappa shape index (κ3) is 8.39. The first-order chi connectivity index (χ1) is 7.64. The molecule has 0 fully saturated rings. The third-order valence-corrected chi connectivity index (χ3v) is 3.33. The Morgan fingerprint density at radius 1 is 1.22 bits per heavy atom. The molecule has 0 heterocycles. The summed E-state index contributed by atoms with van der Waals surface area (Å²) in [5, 5.41) is 0. The van der Waals surface area contributed by atoms with Gasteiger partial charge in [0.25, 0.3) is 10.1 Å². The molecule has 0 aliphatic carbocycles. The predicted octanol–water partition coefficient (Wildman–Crippen LogP) is 0.808. The maximum absolute atomic E-state index is 10.5. The minimum Gasteiger partial charge on any atom is -0.412 e. The van der Waals surface area contributed by atoms with Crippen LogP contribution < -0.4 is 0 Å². The van der Waals surface area contributed by atoms with Gasteiger partial charge in [-0.15, -0.1) is 0 Å². The largest absolute Gasteiger partial charge is 0.412 e. The van der Waals surface area contributed by atoms with E-state index < -0.39 is 10.1 Å². The third-order valence-electron chi connectivity index (χ3n) is 1.74. The van der Waals surface area contributed by atoms with E-state index in [4.69, 9.17) is 4.55 Å². The Balaban J connectivity index is 0. The normalized spacial score (nSPS) is 9.61. The average Bonchev–Trinajstić information content (AvgIpc) is 2.17. The molecule has 3 N–H and O–H groups in total. The number of amides is 1. The van der Waals surface area contributed by atoms with Crippen LogP contribution in [0.3, 0.4) is 0 Å². The maximum Gasteiger partial charge on any atom is 0.294 e. The van der Waals surface area contributed by atoms with Crippen molar-refractivity contribution in [2.24, 2.45) is 0 Å². The standard InChI is InChI=1S/C6H5IO3S.C4H9NO.H2O/c7-5-1-3-6(4-2-5)11(8,9)10;1-4(6)5(2)3;/h1-4H,(H,8,9,10);1-3H3;1H2. The van der Waals surface area contributed by atoms with E-state index in [0.717, 1.165) is 3.57 Å². The lowest BCUT2D eigenvalue weighted by atomic mass is 10.4. The molecule has 0 saturated heterocycles. The molecule has 18 heavy (non-hydrogen) atoms. The molecule has 0 bridgehead atoms. The van der Waals surface area contributed by atoms with Crippen LogP contribution in [0.4, 0.5) is 0 Å². The molecule has 0 radical (unpaired) electrons. The minimum absolute atomic E-state index is 0. The van der Waals surface area contributed by atoms with Gasteiger partial charge in [-0.2, -0.15) is 8.42 Å². The Labute approximate surface area is 120 Å². The molecular weight excluding hydrogens is 373 g/mol. The lowest BCUT2D eigenvalue weighted by molar-refractivity contribution is -0.126. The second-order valence-electron chi connectivity index (χ2n) is 3.34. The summed E-state index contributed by atoms with van der Waals surface area (Å²) in [7, 11) is -0.574. The van der Waals surface area contributed by atoms with Gasteiger partial charge in [0.15, 0.2) is 0 Å². The average molecular weight is 389 g/mol. The highest BCUT2D eigenvalue weighted by molar-refractivity contribution is 14.1. The fourth-order valence-corrected chi connectivity index (χ4v) is 1.45. The first kappa shape index (κ1) is 19.6. The van der Waals surface area contributed by atoms with E-state index in [-0.39, 0.29) is 16.3 Å². The molecule has 1 aromatic rings. The summed E-state index contributed by atoms with van der Waals surface area (Å²) in [5.74, 6) is 0.0926. The molecule has 0 atom stereocenters. The fourth-order valence-electron chi connectivity index (χ4n) is 0.607. The van der Waals surface area contributed by atoms with Gasteiger partial charge in [-0.05, 0) is 46.9 Å².